The minimum absolute atomic E-state index is 0.0512. The number of rotatable bonds is 5. The molecule has 0 radical (unpaired) electrons. The van der Waals surface area contributed by atoms with Gasteiger partial charge in [0.25, 0.3) is 5.69 Å². The molecule has 8 heteroatoms. The maximum Gasteiger partial charge on any atom is 0.319 e. The summed E-state index contributed by atoms with van der Waals surface area (Å²) in [5.74, 6) is -1.04. The van der Waals surface area contributed by atoms with Gasteiger partial charge in [-0.15, -0.1) is 0 Å². The zero-order valence-electron chi connectivity index (χ0n) is 9.25. The summed E-state index contributed by atoms with van der Waals surface area (Å²) in [4.78, 5) is 31.6. The first-order chi connectivity index (χ1) is 8.50. The smallest absolute Gasteiger partial charge is 0.319 e. The van der Waals surface area contributed by atoms with Crippen LogP contribution in [0.25, 0.3) is 0 Å². The van der Waals surface area contributed by atoms with Crippen LogP contribution in [0.5, 0.6) is 0 Å². The Morgan fingerprint density at radius 1 is 1.33 bits per heavy atom. The van der Waals surface area contributed by atoms with Crippen LogP contribution < -0.4 is 10.6 Å². The van der Waals surface area contributed by atoms with Crippen molar-refractivity contribution in [1.29, 1.82) is 0 Å². The van der Waals surface area contributed by atoms with Crippen LogP contribution in [0.2, 0.25) is 0 Å². The Bertz CT molecular complexity index is 474. The third-order valence-electron chi connectivity index (χ3n) is 1.97. The summed E-state index contributed by atoms with van der Waals surface area (Å²) < 4.78 is 0. The number of carboxylic acids is 1. The second-order valence-corrected chi connectivity index (χ2v) is 3.30. The lowest BCUT2D eigenvalue weighted by atomic mass is 10.3. The van der Waals surface area contributed by atoms with Gasteiger partial charge >= 0.3 is 12.0 Å². The maximum absolute atomic E-state index is 11.3. The number of para-hydroxylation sites is 2. The molecule has 1 aromatic rings. The van der Waals surface area contributed by atoms with Crippen molar-refractivity contribution >= 4 is 23.4 Å². The second-order valence-electron chi connectivity index (χ2n) is 3.30. The molecule has 2 amide bonds. The van der Waals surface area contributed by atoms with Crippen LogP contribution in [0.15, 0.2) is 24.3 Å². The number of carbonyl (C=O) groups is 2. The van der Waals surface area contributed by atoms with Crippen LogP contribution >= 0.6 is 0 Å². The molecule has 3 N–H and O–H groups in total. The number of urea groups is 1. The summed E-state index contributed by atoms with van der Waals surface area (Å²) in [5.41, 5.74) is -0.179. The summed E-state index contributed by atoms with van der Waals surface area (Å²) in [6.07, 6.45) is -0.218. The number of carboxylic acid groups (broad SMARTS) is 1. The van der Waals surface area contributed by atoms with E-state index in [1.165, 1.54) is 18.2 Å². The molecule has 0 aliphatic rings. The highest BCUT2D eigenvalue weighted by atomic mass is 16.6. The number of amides is 2. The quantitative estimate of drug-likeness (QED) is 0.537. The number of hydrogen-bond donors (Lipinski definition) is 3. The van der Waals surface area contributed by atoms with Crippen LogP contribution in [0.1, 0.15) is 6.42 Å². The minimum atomic E-state index is -1.04. The number of nitro groups is 1. The van der Waals surface area contributed by atoms with E-state index in [1.54, 1.807) is 6.07 Å². The number of nitrogens with zero attached hydrogens (tertiary/aromatic N) is 1. The van der Waals surface area contributed by atoms with Crippen molar-refractivity contribution in [3.8, 4) is 0 Å². The molecule has 0 atom stereocenters. The molecular weight excluding hydrogens is 242 g/mol. The monoisotopic (exact) mass is 253 g/mol. The van der Waals surface area contributed by atoms with E-state index in [0.717, 1.165) is 0 Å². The van der Waals surface area contributed by atoms with Gasteiger partial charge in [0, 0.05) is 12.6 Å². The van der Waals surface area contributed by atoms with Crippen LogP contribution in [-0.2, 0) is 4.79 Å². The molecule has 0 aliphatic heterocycles. The Balaban J connectivity index is 2.59. The van der Waals surface area contributed by atoms with Crippen LogP contribution in [-0.4, -0.2) is 28.6 Å². The molecule has 1 rings (SSSR count). The molecule has 0 aromatic heterocycles. The molecule has 1 aromatic carbocycles. The van der Waals surface area contributed by atoms with E-state index < -0.39 is 16.9 Å². The van der Waals surface area contributed by atoms with E-state index in [1.807, 2.05) is 0 Å². The molecule has 0 bridgehead atoms. The normalized spacial score (nSPS) is 9.56. The van der Waals surface area contributed by atoms with Crippen molar-refractivity contribution < 1.29 is 19.6 Å². The number of hydrogen-bond acceptors (Lipinski definition) is 4. The predicted octanol–water partition coefficient (Wildman–Crippen LogP) is 1.19. The SMILES string of the molecule is O=C(O)CCNC(=O)Nc1ccccc1[N+](=O)[O-]. The van der Waals surface area contributed by atoms with Crippen molar-refractivity contribution in [3.05, 3.63) is 34.4 Å². The fourth-order valence-corrected chi connectivity index (χ4v) is 1.19. The van der Waals surface area contributed by atoms with E-state index in [2.05, 4.69) is 10.6 Å². The summed E-state index contributed by atoms with van der Waals surface area (Å²) in [6.45, 7) is -0.0538. The Labute approximate surface area is 102 Å². The number of aliphatic carboxylic acids is 1. The second kappa shape index (κ2) is 6.18. The van der Waals surface area contributed by atoms with Gasteiger partial charge in [0.05, 0.1) is 11.3 Å². The Kier molecular flexibility index (Phi) is 4.61. The molecule has 18 heavy (non-hydrogen) atoms. The first-order valence-electron chi connectivity index (χ1n) is 5.01. The van der Waals surface area contributed by atoms with Gasteiger partial charge in [-0.25, -0.2) is 4.79 Å². The van der Waals surface area contributed by atoms with E-state index in [-0.39, 0.29) is 24.3 Å². The van der Waals surface area contributed by atoms with E-state index in [0.29, 0.717) is 0 Å². The lowest BCUT2D eigenvalue weighted by Crippen LogP contribution is -2.30. The zero-order valence-corrected chi connectivity index (χ0v) is 9.25. The molecule has 0 unspecified atom stereocenters. The lowest BCUT2D eigenvalue weighted by molar-refractivity contribution is -0.383. The molecular formula is C10H11N3O5. The van der Waals surface area contributed by atoms with Crippen molar-refractivity contribution in [3.63, 3.8) is 0 Å². The van der Waals surface area contributed by atoms with Crippen LogP contribution in [0.4, 0.5) is 16.2 Å². The molecule has 8 nitrogen and oxygen atoms in total. The van der Waals surface area contributed by atoms with Gasteiger partial charge in [-0.2, -0.15) is 0 Å². The molecule has 0 heterocycles. The molecule has 96 valence electrons. The van der Waals surface area contributed by atoms with E-state index >= 15 is 0 Å². The highest BCUT2D eigenvalue weighted by molar-refractivity contribution is 5.91. The van der Waals surface area contributed by atoms with Gasteiger partial charge in [0.2, 0.25) is 0 Å². The van der Waals surface area contributed by atoms with Gasteiger partial charge in [-0.05, 0) is 6.07 Å². The summed E-state index contributed by atoms with van der Waals surface area (Å²) in [6, 6.07) is 4.97. The van der Waals surface area contributed by atoms with Gasteiger partial charge in [-0.3, -0.25) is 14.9 Å². The number of anilines is 1. The number of nitrogens with one attached hydrogen (secondary N) is 2. The van der Waals surface area contributed by atoms with E-state index in [9.17, 15) is 19.7 Å². The number of nitro benzene ring substituents is 1. The zero-order chi connectivity index (χ0) is 13.5. The van der Waals surface area contributed by atoms with Gasteiger partial charge in [-0.1, -0.05) is 12.1 Å². The third-order valence-corrected chi connectivity index (χ3v) is 1.97. The standard InChI is InChI=1S/C10H11N3O5/c14-9(15)5-6-11-10(16)12-7-3-1-2-4-8(7)13(17)18/h1-4H,5-6H2,(H,14,15)(H2,11,12,16). The summed E-state index contributed by atoms with van der Waals surface area (Å²) in [7, 11) is 0. The van der Waals surface area contributed by atoms with Crippen LogP contribution in [0.3, 0.4) is 0 Å². The van der Waals surface area contributed by atoms with Gasteiger partial charge < -0.3 is 15.7 Å². The Morgan fingerprint density at radius 2 is 2.00 bits per heavy atom. The maximum atomic E-state index is 11.3. The summed E-state index contributed by atoms with van der Waals surface area (Å²) >= 11 is 0. The first kappa shape index (κ1) is 13.4. The third kappa shape index (κ3) is 4.08. The fraction of sp³-hybridized carbons (Fsp3) is 0.200. The van der Waals surface area contributed by atoms with Gasteiger partial charge in [0.1, 0.15) is 5.69 Å². The fourth-order valence-electron chi connectivity index (χ4n) is 1.19. The Hall–Kier alpha value is -2.64. The van der Waals surface area contributed by atoms with E-state index in [4.69, 9.17) is 5.11 Å². The highest BCUT2D eigenvalue weighted by Gasteiger charge is 2.14. The summed E-state index contributed by atoms with van der Waals surface area (Å²) in [5, 5.41) is 23.6. The molecule has 0 fully saturated rings. The highest BCUT2D eigenvalue weighted by Crippen LogP contribution is 2.22. The number of benzene rings is 1. The molecule has 0 spiro atoms. The van der Waals surface area contributed by atoms with Crippen molar-refractivity contribution in [2.75, 3.05) is 11.9 Å². The first-order valence-corrected chi connectivity index (χ1v) is 5.01. The number of carbonyl (C=O) groups excluding carboxylic acids is 1. The topological polar surface area (TPSA) is 122 Å². The average molecular weight is 253 g/mol. The lowest BCUT2D eigenvalue weighted by Gasteiger charge is -2.06. The van der Waals surface area contributed by atoms with Gasteiger partial charge in [0.15, 0.2) is 0 Å². The molecule has 0 saturated heterocycles. The average Bonchev–Trinajstić information content (AvgIpc) is 2.28. The largest absolute Gasteiger partial charge is 0.481 e. The Morgan fingerprint density at radius 3 is 2.61 bits per heavy atom. The van der Waals surface area contributed by atoms with Crippen molar-refractivity contribution in [2.24, 2.45) is 0 Å². The predicted molar refractivity (Wildman–Crippen MR) is 62.4 cm³/mol. The van der Waals surface area contributed by atoms with Crippen molar-refractivity contribution in [2.45, 2.75) is 6.42 Å². The molecule has 0 saturated carbocycles. The molecule has 0 aliphatic carbocycles. The van der Waals surface area contributed by atoms with Crippen LogP contribution in [0, 0.1) is 10.1 Å². The van der Waals surface area contributed by atoms with Crippen molar-refractivity contribution in [1.82, 2.24) is 5.32 Å². The minimum Gasteiger partial charge on any atom is -0.481 e.